The van der Waals surface area contributed by atoms with Gasteiger partial charge in [0, 0.05) is 5.57 Å². The SMILES string of the molecule is C=CCOCC(CO)(CO)COC(=O)C(=C)C. The van der Waals surface area contributed by atoms with Gasteiger partial charge in [-0.15, -0.1) is 6.58 Å². The van der Waals surface area contributed by atoms with Crippen LogP contribution in [-0.2, 0) is 14.3 Å². The smallest absolute Gasteiger partial charge is 0.333 e. The minimum Gasteiger partial charge on any atom is -0.461 e. The Hall–Kier alpha value is -1.17. The predicted molar refractivity (Wildman–Crippen MR) is 63.4 cm³/mol. The zero-order valence-electron chi connectivity index (χ0n) is 10.1. The molecule has 0 aromatic rings. The summed E-state index contributed by atoms with van der Waals surface area (Å²) in [6.45, 7) is 8.02. The summed E-state index contributed by atoms with van der Waals surface area (Å²) in [6.07, 6.45) is 1.55. The number of aliphatic hydroxyl groups excluding tert-OH is 2. The highest BCUT2D eigenvalue weighted by Gasteiger charge is 2.31. The molecule has 0 amide bonds. The van der Waals surface area contributed by atoms with Gasteiger partial charge in [0.05, 0.1) is 31.8 Å². The molecule has 17 heavy (non-hydrogen) atoms. The monoisotopic (exact) mass is 244 g/mol. The molecule has 0 heterocycles. The molecule has 2 N–H and O–H groups in total. The third-order valence-electron chi connectivity index (χ3n) is 2.17. The fraction of sp³-hybridized carbons (Fsp3) is 0.583. The van der Waals surface area contributed by atoms with Crippen LogP contribution < -0.4 is 0 Å². The first-order valence-corrected chi connectivity index (χ1v) is 5.24. The molecule has 0 aromatic heterocycles. The number of aliphatic hydroxyl groups is 2. The second kappa shape index (κ2) is 8.00. The largest absolute Gasteiger partial charge is 0.461 e. The number of hydrogen-bond donors (Lipinski definition) is 2. The summed E-state index contributed by atoms with van der Waals surface area (Å²) in [6, 6.07) is 0. The van der Waals surface area contributed by atoms with Gasteiger partial charge in [0.25, 0.3) is 0 Å². The average molecular weight is 244 g/mol. The fourth-order valence-electron chi connectivity index (χ4n) is 0.975. The van der Waals surface area contributed by atoms with Gasteiger partial charge in [-0.05, 0) is 6.92 Å². The third-order valence-corrected chi connectivity index (χ3v) is 2.17. The van der Waals surface area contributed by atoms with Crippen molar-refractivity contribution in [2.24, 2.45) is 5.41 Å². The van der Waals surface area contributed by atoms with Crippen molar-refractivity contribution in [3.8, 4) is 0 Å². The van der Waals surface area contributed by atoms with Gasteiger partial charge in [0.15, 0.2) is 0 Å². The Kier molecular flexibility index (Phi) is 7.45. The number of hydrogen-bond acceptors (Lipinski definition) is 5. The molecular weight excluding hydrogens is 224 g/mol. The molecule has 0 bridgehead atoms. The Morgan fingerprint density at radius 1 is 1.35 bits per heavy atom. The molecule has 5 heteroatoms. The molecule has 0 fully saturated rings. The van der Waals surface area contributed by atoms with E-state index in [0.29, 0.717) is 6.61 Å². The predicted octanol–water partition coefficient (Wildman–Crippen LogP) is 0.279. The van der Waals surface area contributed by atoms with Crippen LogP contribution in [0, 0.1) is 5.41 Å². The number of rotatable bonds is 9. The van der Waals surface area contributed by atoms with Crippen molar-refractivity contribution in [1.82, 2.24) is 0 Å². The zero-order valence-corrected chi connectivity index (χ0v) is 10.1. The van der Waals surface area contributed by atoms with E-state index in [1.165, 1.54) is 6.92 Å². The molecule has 0 aliphatic heterocycles. The summed E-state index contributed by atoms with van der Waals surface area (Å²) in [5.41, 5.74) is -0.726. The highest BCUT2D eigenvalue weighted by molar-refractivity contribution is 5.86. The van der Waals surface area contributed by atoms with Crippen LogP contribution in [0.15, 0.2) is 24.8 Å². The summed E-state index contributed by atoms with van der Waals surface area (Å²) in [4.78, 5) is 11.2. The van der Waals surface area contributed by atoms with Crippen LogP contribution in [0.3, 0.4) is 0 Å². The molecule has 0 radical (unpaired) electrons. The summed E-state index contributed by atoms with van der Waals surface area (Å²) >= 11 is 0. The molecule has 98 valence electrons. The van der Waals surface area contributed by atoms with Gasteiger partial charge in [-0.2, -0.15) is 0 Å². The molecule has 0 spiro atoms. The van der Waals surface area contributed by atoms with Crippen molar-refractivity contribution in [2.45, 2.75) is 6.92 Å². The standard InChI is InChI=1S/C12H20O5/c1-4-5-16-8-12(6-13,7-14)9-17-11(15)10(2)3/h4,13-14H,1-2,5-9H2,3H3. The van der Waals surface area contributed by atoms with Gasteiger partial charge in [0.2, 0.25) is 0 Å². The zero-order chi connectivity index (χ0) is 13.3. The summed E-state index contributed by atoms with van der Waals surface area (Å²) in [7, 11) is 0. The molecular formula is C12H20O5. The molecule has 0 unspecified atom stereocenters. The maximum atomic E-state index is 11.2. The van der Waals surface area contributed by atoms with Crippen molar-refractivity contribution in [3.63, 3.8) is 0 Å². The minimum absolute atomic E-state index is 0.0789. The van der Waals surface area contributed by atoms with Crippen molar-refractivity contribution in [1.29, 1.82) is 0 Å². The first-order valence-electron chi connectivity index (χ1n) is 5.24. The van der Waals surface area contributed by atoms with Crippen LogP contribution in [0.4, 0.5) is 0 Å². The van der Waals surface area contributed by atoms with Crippen LogP contribution >= 0.6 is 0 Å². The molecule has 0 rings (SSSR count). The summed E-state index contributed by atoms with van der Waals surface area (Å²) < 4.78 is 10.1. The molecule has 0 saturated heterocycles. The van der Waals surface area contributed by atoms with Crippen LogP contribution in [0.5, 0.6) is 0 Å². The minimum atomic E-state index is -0.992. The highest BCUT2D eigenvalue weighted by Crippen LogP contribution is 2.17. The normalized spacial score (nSPS) is 11.0. The Morgan fingerprint density at radius 2 is 1.94 bits per heavy atom. The highest BCUT2D eigenvalue weighted by atomic mass is 16.5. The number of esters is 1. The van der Waals surface area contributed by atoms with E-state index in [2.05, 4.69) is 13.2 Å². The van der Waals surface area contributed by atoms with Crippen molar-refractivity contribution >= 4 is 5.97 Å². The van der Waals surface area contributed by atoms with Crippen LogP contribution in [0.25, 0.3) is 0 Å². The Bertz CT molecular complexity index is 268. The van der Waals surface area contributed by atoms with E-state index in [0.717, 1.165) is 0 Å². The molecule has 0 saturated carbocycles. The van der Waals surface area contributed by atoms with Gasteiger partial charge in [-0.1, -0.05) is 12.7 Å². The topological polar surface area (TPSA) is 76.0 Å². The lowest BCUT2D eigenvalue weighted by Gasteiger charge is -2.28. The van der Waals surface area contributed by atoms with Crippen LogP contribution in [0.2, 0.25) is 0 Å². The van der Waals surface area contributed by atoms with Gasteiger partial charge in [-0.25, -0.2) is 4.79 Å². The van der Waals surface area contributed by atoms with Crippen LogP contribution in [-0.4, -0.2) is 49.2 Å². The molecule has 0 aliphatic rings. The Labute approximate surface area is 101 Å². The lowest BCUT2D eigenvalue weighted by molar-refractivity contribution is -0.147. The molecule has 5 nitrogen and oxygen atoms in total. The van der Waals surface area contributed by atoms with Crippen LogP contribution in [0.1, 0.15) is 6.92 Å². The maximum absolute atomic E-state index is 11.2. The van der Waals surface area contributed by atoms with E-state index < -0.39 is 11.4 Å². The van der Waals surface area contributed by atoms with Crippen molar-refractivity contribution in [3.05, 3.63) is 24.8 Å². The van der Waals surface area contributed by atoms with Crippen molar-refractivity contribution in [2.75, 3.05) is 33.0 Å². The van der Waals surface area contributed by atoms with Gasteiger partial charge in [0.1, 0.15) is 6.61 Å². The first-order chi connectivity index (χ1) is 8.01. The van der Waals surface area contributed by atoms with E-state index >= 15 is 0 Å². The van der Waals surface area contributed by atoms with E-state index in [4.69, 9.17) is 9.47 Å². The quantitative estimate of drug-likeness (QED) is 0.264. The second-order valence-corrected chi connectivity index (χ2v) is 3.98. The first kappa shape index (κ1) is 15.8. The fourth-order valence-corrected chi connectivity index (χ4v) is 0.975. The second-order valence-electron chi connectivity index (χ2n) is 3.98. The molecule has 0 atom stereocenters. The summed E-state index contributed by atoms with van der Waals surface area (Å²) in [5, 5.41) is 18.5. The lowest BCUT2D eigenvalue weighted by atomic mass is 9.92. The lowest BCUT2D eigenvalue weighted by Crippen LogP contribution is -2.40. The van der Waals surface area contributed by atoms with Gasteiger partial charge < -0.3 is 19.7 Å². The van der Waals surface area contributed by atoms with E-state index in [9.17, 15) is 15.0 Å². The number of carbonyl (C=O) groups is 1. The Morgan fingerprint density at radius 3 is 2.35 bits per heavy atom. The average Bonchev–Trinajstić information content (AvgIpc) is 2.33. The molecule has 0 aromatic carbocycles. The van der Waals surface area contributed by atoms with E-state index in [1.54, 1.807) is 6.08 Å². The number of ether oxygens (including phenoxy) is 2. The van der Waals surface area contributed by atoms with Crippen molar-refractivity contribution < 1.29 is 24.5 Å². The van der Waals surface area contributed by atoms with E-state index in [1.807, 2.05) is 0 Å². The van der Waals surface area contributed by atoms with E-state index in [-0.39, 0.29) is 32.0 Å². The number of carbonyl (C=O) groups excluding carboxylic acids is 1. The maximum Gasteiger partial charge on any atom is 0.333 e. The van der Waals surface area contributed by atoms with Gasteiger partial charge in [-0.3, -0.25) is 0 Å². The van der Waals surface area contributed by atoms with Gasteiger partial charge >= 0.3 is 5.97 Å². The Balaban J connectivity index is 4.33. The summed E-state index contributed by atoms with van der Waals surface area (Å²) in [5.74, 6) is -0.556. The third kappa shape index (κ3) is 5.63. The molecule has 0 aliphatic carbocycles.